The Hall–Kier alpha value is -2.16. The second-order valence-corrected chi connectivity index (χ2v) is 9.37. The zero-order valence-corrected chi connectivity index (χ0v) is 19.6. The molecule has 4 rings (SSSR count). The van der Waals surface area contributed by atoms with Crippen molar-refractivity contribution in [2.24, 2.45) is 0 Å². The van der Waals surface area contributed by atoms with Crippen molar-refractivity contribution in [2.75, 3.05) is 58.3 Å². The lowest BCUT2D eigenvalue weighted by atomic mass is 9.92. The van der Waals surface area contributed by atoms with Crippen LogP contribution in [0.2, 0.25) is 0 Å². The highest BCUT2D eigenvalue weighted by molar-refractivity contribution is 7.99. The molecule has 0 aliphatic carbocycles. The van der Waals surface area contributed by atoms with Gasteiger partial charge < -0.3 is 14.4 Å². The van der Waals surface area contributed by atoms with E-state index in [2.05, 4.69) is 16.8 Å². The number of benzene rings is 1. The Morgan fingerprint density at radius 1 is 1.22 bits per heavy atom. The summed E-state index contributed by atoms with van der Waals surface area (Å²) in [6, 6.07) is 9.49. The molecular formula is C24H32N4O3S. The lowest BCUT2D eigenvalue weighted by Crippen LogP contribution is -2.41. The number of carbonyl (C=O) groups excluding carboxylic acids is 1. The van der Waals surface area contributed by atoms with Crippen molar-refractivity contribution >= 4 is 17.7 Å². The summed E-state index contributed by atoms with van der Waals surface area (Å²) in [5, 5.41) is 0.828. The number of rotatable bonds is 8. The summed E-state index contributed by atoms with van der Waals surface area (Å²) in [6.45, 7) is 8.27. The highest BCUT2D eigenvalue weighted by Gasteiger charge is 2.27. The SMILES string of the molecule is Cc1cnc(SCCN2CCOCC2)nc1[C@@H]1CCCN(C(=O)COc2ccccc2)C1. The third-order valence-corrected chi connectivity index (χ3v) is 6.84. The lowest BCUT2D eigenvalue weighted by molar-refractivity contribution is -0.134. The van der Waals surface area contributed by atoms with E-state index in [0.29, 0.717) is 6.54 Å². The number of piperidine rings is 1. The van der Waals surface area contributed by atoms with Gasteiger partial charge in [-0.3, -0.25) is 9.69 Å². The largest absolute Gasteiger partial charge is 0.484 e. The highest BCUT2D eigenvalue weighted by Crippen LogP contribution is 2.29. The van der Waals surface area contributed by atoms with E-state index < -0.39 is 0 Å². The van der Waals surface area contributed by atoms with Crippen LogP contribution in [0.15, 0.2) is 41.7 Å². The number of morpholine rings is 1. The molecular weight excluding hydrogens is 424 g/mol. The van der Waals surface area contributed by atoms with Gasteiger partial charge in [-0.05, 0) is 37.5 Å². The maximum Gasteiger partial charge on any atom is 0.260 e. The van der Waals surface area contributed by atoms with E-state index in [4.69, 9.17) is 14.5 Å². The fourth-order valence-electron chi connectivity index (χ4n) is 4.19. The fourth-order valence-corrected chi connectivity index (χ4v) is 5.01. The number of thioether (sulfide) groups is 1. The number of hydrogen-bond acceptors (Lipinski definition) is 7. The molecule has 172 valence electrons. The molecule has 1 atom stereocenters. The molecule has 0 spiro atoms. The van der Waals surface area contributed by atoms with E-state index in [0.717, 1.165) is 80.2 Å². The van der Waals surface area contributed by atoms with Crippen LogP contribution in [0.4, 0.5) is 0 Å². The standard InChI is InChI=1S/C24H32N4O3S/c1-19-16-25-24(32-15-12-27-10-13-30-14-11-27)26-23(19)20-6-5-9-28(17-20)22(29)18-31-21-7-3-2-4-8-21/h2-4,7-8,16,20H,5-6,9-15,17-18H2,1H3/t20-/m1/s1. The molecule has 2 aromatic rings. The minimum atomic E-state index is 0.0328. The predicted molar refractivity (Wildman–Crippen MR) is 125 cm³/mol. The van der Waals surface area contributed by atoms with Gasteiger partial charge in [-0.25, -0.2) is 9.97 Å². The number of aromatic nitrogens is 2. The molecule has 1 aromatic heterocycles. The van der Waals surface area contributed by atoms with Gasteiger partial charge in [0, 0.05) is 50.6 Å². The first-order chi connectivity index (χ1) is 15.7. The van der Waals surface area contributed by atoms with Crippen molar-refractivity contribution in [3.05, 3.63) is 47.8 Å². The summed E-state index contributed by atoms with van der Waals surface area (Å²) in [4.78, 5) is 26.5. The zero-order valence-electron chi connectivity index (χ0n) is 18.7. The molecule has 0 radical (unpaired) electrons. The van der Waals surface area contributed by atoms with E-state index in [9.17, 15) is 4.79 Å². The Morgan fingerprint density at radius 2 is 2.03 bits per heavy atom. The van der Waals surface area contributed by atoms with E-state index >= 15 is 0 Å². The van der Waals surface area contributed by atoms with Crippen LogP contribution in [0.5, 0.6) is 5.75 Å². The minimum absolute atomic E-state index is 0.0328. The van der Waals surface area contributed by atoms with Crippen LogP contribution in [-0.4, -0.2) is 84.0 Å². The monoisotopic (exact) mass is 456 g/mol. The van der Waals surface area contributed by atoms with E-state index in [1.165, 1.54) is 0 Å². The third-order valence-electron chi connectivity index (χ3n) is 6.00. The van der Waals surface area contributed by atoms with Gasteiger partial charge in [0.05, 0.1) is 18.9 Å². The molecule has 0 unspecified atom stereocenters. The molecule has 3 heterocycles. The smallest absolute Gasteiger partial charge is 0.260 e. The molecule has 2 aliphatic rings. The summed E-state index contributed by atoms with van der Waals surface area (Å²) < 4.78 is 11.1. The maximum atomic E-state index is 12.7. The number of nitrogens with zero attached hydrogens (tertiary/aromatic N) is 4. The molecule has 8 heteroatoms. The molecule has 1 amide bonds. The van der Waals surface area contributed by atoms with Crippen molar-refractivity contribution in [1.29, 1.82) is 0 Å². The van der Waals surface area contributed by atoms with Crippen molar-refractivity contribution in [3.8, 4) is 5.75 Å². The van der Waals surface area contributed by atoms with Crippen molar-refractivity contribution in [2.45, 2.75) is 30.8 Å². The number of ether oxygens (including phenoxy) is 2. The highest BCUT2D eigenvalue weighted by atomic mass is 32.2. The van der Waals surface area contributed by atoms with Crippen molar-refractivity contribution in [3.63, 3.8) is 0 Å². The first-order valence-electron chi connectivity index (χ1n) is 11.4. The van der Waals surface area contributed by atoms with Gasteiger partial charge >= 0.3 is 0 Å². The second-order valence-electron chi connectivity index (χ2n) is 8.30. The number of amides is 1. The van der Waals surface area contributed by atoms with Gasteiger partial charge in [0.15, 0.2) is 11.8 Å². The van der Waals surface area contributed by atoms with Gasteiger partial charge in [-0.1, -0.05) is 30.0 Å². The minimum Gasteiger partial charge on any atom is -0.484 e. The summed E-state index contributed by atoms with van der Waals surface area (Å²) in [6.07, 6.45) is 3.95. The number of hydrogen-bond donors (Lipinski definition) is 0. The van der Waals surface area contributed by atoms with E-state index in [1.54, 1.807) is 11.8 Å². The van der Waals surface area contributed by atoms with Gasteiger partial charge in [0.25, 0.3) is 5.91 Å². The molecule has 7 nitrogen and oxygen atoms in total. The second kappa shape index (κ2) is 11.6. The molecule has 1 aromatic carbocycles. The van der Waals surface area contributed by atoms with Gasteiger partial charge in [0.1, 0.15) is 5.75 Å². The topological polar surface area (TPSA) is 67.8 Å². The maximum absolute atomic E-state index is 12.7. The fraction of sp³-hybridized carbons (Fsp3) is 0.542. The first kappa shape index (κ1) is 23.0. The first-order valence-corrected chi connectivity index (χ1v) is 12.4. The number of likely N-dealkylation sites (tertiary alicyclic amines) is 1. The lowest BCUT2D eigenvalue weighted by Gasteiger charge is -2.33. The molecule has 32 heavy (non-hydrogen) atoms. The summed E-state index contributed by atoms with van der Waals surface area (Å²) in [5.74, 6) is 1.96. The van der Waals surface area contributed by atoms with Crippen LogP contribution >= 0.6 is 11.8 Å². The van der Waals surface area contributed by atoms with Crippen LogP contribution in [0.3, 0.4) is 0 Å². The Morgan fingerprint density at radius 3 is 2.84 bits per heavy atom. The third kappa shape index (κ3) is 6.43. The predicted octanol–water partition coefficient (Wildman–Crippen LogP) is 2.99. The normalized spacial score (nSPS) is 19.7. The van der Waals surface area contributed by atoms with Crippen molar-refractivity contribution < 1.29 is 14.3 Å². The molecule has 2 fully saturated rings. The molecule has 0 bridgehead atoms. The van der Waals surface area contributed by atoms with Crippen LogP contribution in [0, 0.1) is 6.92 Å². The van der Waals surface area contributed by atoms with E-state index in [1.807, 2.05) is 41.4 Å². The molecule has 2 saturated heterocycles. The van der Waals surface area contributed by atoms with Crippen LogP contribution in [0.1, 0.15) is 30.0 Å². The van der Waals surface area contributed by atoms with Crippen LogP contribution in [0.25, 0.3) is 0 Å². The number of carbonyl (C=O) groups is 1. The van der Waals surface area contributed by atoms with Crippen LogP contribution in [-0.2, 0) is 9.53 Å². The van der Waals surface area contributed by atoms with Crippen molar-refractivity contribution in [1.82, 2.24) is 19.8 Å². The Bertz CT molecular complexity index is 877. The molecule has 0 N–H and O–H groups in total. The number of para-hydroxylation sites is 1. The average Bonchev–Trinajstić information content (AvgIpc) is 2.85. The Kier molecular flexibility index (Phi) is 8.36. The zero-order chi connectivity index (χ0) is 22.2. The van der Waals surface area contributed by atoms with Gasteiger partial charge in [-0.2, -0.15) is 0 Å². The number of aryl methyl sites for hydroxylation is 1. The average molecular weight is 457 g/mol. The summed E-state index contributed by atoms with van der Waals surface area (Å²) in [7, 11) is 0. The Labute approximate surface area is 194 Å². The Balaban J connectivity index is 1.31. The summed E-state index contributed by atoms with van der Waals surface area (Å²) in [5.41, 5.74) is 2.18. The molecule has 0 saturated carbocycles. The molecule has 2 aliphatic heterocycles. The quantitative estimate of drug-likeness (QED) is 0.447. The van der Waals surface area contributed by atoms with Gasteiger partial charge in [0.2, 0.25) is 0 Å². The summed E-state index contributed by atoms with van der Waals surface area (Å²) >= 11 is 1.71. The van der Waals surface area contributed by atoms with Crippen LogP contribution < -0.4 is 4.74 Å². The van der Waals surface area contributed by atoms with E-state index in [-0.39, 0.29) is 18.4 Å². The van der Waals surface area contributed by atoms with Gasteiger partial charge in [-0.15, -0.1) is 0 Å².